The smallest absolute Gasteiger partial charge is 0.360 e. The molecule has 0 spiro atoms. The highest BCUT2D eigenvalue weighted by Gasteiger charge is 2.24. The van der Waals surface area contributed by atoms with Crippen molar-refractivity contribution in [3.63, 3.8) is 0 Å². The van der Waals surface area contributed by atoms with Crippen LogP contribution in [0.3, 0.4) is 0 Å². The van der Waals surface area contributed by atoms with Crippen LogP contribution < -0.4 is 11.1 Å². The number of ether oxygens (including phenoxy) is 1. The molecule has 1 aromatic rings. The van der Waals surface area contributed by atoms with Crippen LogP contribution in [0.1, 0.15) is 42.5 Å². The summed E-state index contributed by atoms with van der Waals surface area (Å²) in [6, 6.07) is 0.346. The van der Waals surface area contributed by atoms with Crippen LogP contribution in [0.2, 0.25) is 0 Å². The standard InChI is InChI=1S/C13H20N4O3/c1-3-20-13(19)11-12(14)17(8(2)15-11)7-6-10(18)16-9-4-5-9/h9H,3-7,14H2,1-2H3,(H,16,18). The Balaban J connectivity index is 1.99. The Morgan fingerprint density at radius 3 is 2.80 bits per heavy atom. The van der Waals surface area contributed by atoms with Gasteiger partial charge in [-0.25, -0.2) is 9.78 Å². The van der Waals surface area contributed by atoms with Gasteiger partial charge in [-0.05, 0) is 26.7 Å². The minimum atomic E-state index is -0.533. The second-order valence-corrected chi connectivity index (χ2v) is 4.86. The third-order valence-corrected chi connectivity index (χ3v) is 3.17. The van der Waals surface area contributed by atoms with Crippen LogP contribution in [0.25, 0.3) is 0 Å². The molecule has 0 radical (unpaired) electrons. The first-order chi connectivity index (χ1) is 9.52. The number of nitrogen functional groups attached to an aromatic ring is 1. The molecule has 1 heterocycles. The fourth-order valence-corrected chi connectivity index (χ4v) is 1.95. The molecule has 7 nitrogen and oxygen atoms in total. The Morgan fingerprint density at radius 1 is 1.50 bits per heavy atom. The van der Waals surface area contributed by atoms with E-state index in [-0.39, 0.29) is 24.0 Å². The van der Waals surface area contributed by atoms with E-state index in [1.54, 1.807) is 18.4 Å². The Labute approximate surface area is 117 Å². The van der Waals surface area contributed by atoms with Gasteiger partial charge in [-0.3, -0.25) is 4.79 Å². The molecule has 1 aliphatic carbocycles. The molecule has 2 rings (SSSR count). The van der Waals surface area contributed by atoms with Crippen LogP contribution in [0.4, 0.5) is 5.82 Å². The number of amides is 1. The first kappa shape index (κ1) is 14.4. The monoisotopic (exact) mass is 280 g/mol. The lowest BCUT2D eigenvalue weighted by atomic mass is 10.3. The lowest BCUT2D eigenvalue weighted by Crippen LogP contribution is -2.26. The van der Waals surface area contributed by atoms with Crippen molar-refractivity contribution in [3.8, 4) is 0 Å². The van der Waals surface area contributed by atoms with Crippen molar-refractivity contribution in [2.45, 2.75) is 45.7 Å². The van der Waals surface area contributed by atoms with Crippen LogP contribution in [-0.2, 0) is 16.1 Å². The SMILES string of the molecule is CCOC(=O)c1nc(C)n(CCC(=O)NC2CC2)c1N. The Bertz CT molecular complexity index is 520. The van der Waals surface area contributed by atoms with Gasteiger partial charge in [0.2, 0.25) is 5.91 Å². The van der Waals surface area contributed by atoms with Crippen LogP contribution in [-0.4, -0.2) is 34.1 Å². The average molecular weight is 280 g/mol. The number of carbonyl (C=O) groups is 2. The largest absolute Gasteiger partial charge is 0.461 e. The summed E-state index contributed by atoms with van der Waals surface area (Å²) in [5.74, 6) is 0.317. The van der Waals surface area contributed by atoms with E-state index in [0.717, 1.165) is 12.8 Å². The highest BCUT2D eigenvalue weighted by Crippen LogP contribution is 2.19. The molecule has 0 unspecified atom stereocenters. The first-order valence-electron chi connectivity index (χ1n) is 6.82. The van der Waals surface area contributed by atoms with Crippen LogP contribution in [0.15, 0.2) is 0 Å². The zero-order valence-corrected chi connectivity index (χ0v) is 11.8. The summed E-state index contributed by atoms with van der Waals surface area (Å²) >= 11 is 0. The molecule has 110 valence electrons. The molecule has 1 aliphatic rings. The third kappa shape index (κ3) is 3.28. The van der Waals surface area contributed by atoms with Crippen LogP contribution in [0, 0.1) is 6.92 Å². The molecule has 1 fully saturated rings. The van der Waals surface area contributed by atoms with E-state index >= 15 is 0 Å². The molecule has 0 aromatic carbocycles. The lowest BCUT2D eigenvalue weighted by Gasteiger charge is -2.08. The van der Waals surface area contributed by atoms with Crippen LogP contribution in [0.5, 0.6) is 0 Å². The van der Waals surface area contributed by atoms with Gasteiger partial charge in [-0.2, -0.15) is 0 Å². The lowest BCUT2D eigenvalue weighted by molar-refractivity contribution is -0.121. The molecule has 0 saturated heterocycles. The molecule has 0 bridgehead atoms. The van der Waals surface area contributed by atoms with E-state index in [4.69, 9.17) is 10.5 Å². The number of esters is 1. The van der Waals surface area contributed by atoms with Gasteiger partial charge < -0.3 is 20.4 Å². The molecule has 3 N–H and O–H groups in total. The van der Waals surface area contributed by atoms with Gasteiger partial charge in [0.15, 0.2) is 5.69 Å². The molecule has 1 amide bonds. The van der Waals surface area contributed by atoms with Crippen molar-refractivity contribution in [2.24, 2.45) is 0 Å². The zero-order valence-electron chi connectivity index (χ0n) is 11.8. The summed E-state index contributed by atoms with van der Waals surface area (Å²) in [6.45, 7) is 4.15. The van der Waals surface area contributed by atoms with E-state index in [2.05, 4.69) is 10.3 Å². The normalized spacial score (nSPS) is 14.1. The number of aryl methyl sites for hydroxylation is 1. The highest BCUT2D eigenvalue weighted by molar-refractivity contribution is 5.92. The molecular weight excluding hydrogens is 260 g/mol. The van der Waals surface area contributed by atoms with E-state index in [1.165, 1.54) is 0 Å². The summed E-state index contributed by atoms with van der Waals surface area (Å²) in [7, 11) is 0. The van der Waals surface area contributed by atoms with Crippen molar-refractivity contribution >= 4 is 17.7 Å². The average Bonchev–Trinajstić information content (AvgIpc) is 3.14. The van der Waals surface area contributed by atoms with Crippen molar-refractivity contribution < 1.29 is 14.3 Å². The minimum Gasteiger partial charge on any atom is -0.461 e. The fraction of sp³-hybridized carbons (Fsp3) is 0.615. The maximum absolute atomic E-state index is 11.7. The second-order valence-electron chi connectivity index (χ2n) is 4.86. The predicted octanol–water partition coefficient (Wildman–Crippen LogP) is 0.619. The molecular formula is C13H20N4O3. The first-order valence-corrected chi connectivity index (χ1v) is 6.82. The number of nitrogens with one attached hydrogen (secondary N) is 1. The molecule has 0 atom stereocenters. The van der Waals surface area contributed by atoms with Gasteiger partial charge in [0, 0.05) is 19.0 Å². The number of nitrogens with two attached hydrogens (primary N) is 1. The highest BCUT2D eigenvalue weighted by atomic mass is 16.5. The Morgan fingerprint density at radius 2 is 2.20 bits per heavy atom. The zero-order chi connectivity index (χ0) is 14.7. The number of nitrogens with zero attached hydrogens (tertiary/aromatic N) is 2. The van der Waals surface area contributed by atoms with E-state index in [1.807, 2.05) is 0 Å². The molecule has 1 aromatic heterocycles. The van der Waals surface area contributed by atoms with Crippen molar-refractivity contribution in [1.29, 1.82) is 0 Å². The van der Waals surface area contributed by atoms with Gasteiger partial charge in [0.25, 0.3) is 0 Å². The van der Waals surface area contributed by atoms with Crippen molar-refractivity contribution in [3.05, 3.63) is 11.5 Å². The van der Waals surface area contributed by atoms with Crippen LogP contribution >= 0.6 is 0 Å². The van der Waals surface area contributed by atoms with Crippen molar-refractivity contribution in [1.82, 2.24) is 14.9 Å². The summed E-state index contributed by atoms with van der Waals surface area (Å²) < 4.78 is 6.55. The van der Waals surface area contributed by atoms with E-state index in [0.29, 0.717) is 24.8 Å². The Kier molecular flexibility index (Phi) is 4.26. The number of rotatable bonds is 6. The topological polar surface area (TPSA) is 99.2 Å². The van der Waals surface area contributed by atoms with E-state index in [9.17, 15) is 9.59 Å². The van der Waals surface area contributed by atoms with Gasteiger partial charge in [0.05, 0.1) is 6.61 Å². The van der Waals surface area contributed by atoms with Crippen molar-refractivity contribution in [2.75, 3.05) is 12.3 Å². The number of imidazole rings is 1. The fourth-order valence-electron chi connectivity index (χ4n) is 1.95. The number of carbonyl (C=O) groups excluding carboxylic acids is 2. The molecule has 7 heteroatoms. The number of aromatic nitrogens is 2. The van der Waals surface area contributed by atoms with Gasteiger partial charge in [0.1, 0.15) is 11.6 Å². The predicted molar refractivity (Wildman–Crippen MR) is 73.1 cm³/mol. The van der Waals surface area contributed by atoms with Gasteiger partial charge in [-0.15, -0.1) is 0 Å². The number of anilines is 1. The number of hydrogen-bond acceptors (Lipinski definition) is 5. The summed E-state index contributed by atoms with van der Waals surface area (Å²) in [6.07, 6.45) is 2.44. The molecule has 0 aliphatic heterocycles. The molecule has 20 heavy (non-hydrogen) atoms. The van der Waals surface area contributed by atoms with E-state index < -0.39 is 5.97 Å². The summed E-state index contributed by atoms with van der Waals surface area (Å²) in [5, 5.41) is 2.91. The van der Waals surface area contributed by atoms with Gasteiger partial charge in [-0.1, -0.05) is 0 Å². The Hall–Kier alpha value is -2.05. The molecule has 1 saturated carbocycles. The summed E-state index contributed by atoms with van der Waals surface area (Å²) in [4.78, 5) is 27.4. The second kappa shape index (κ2) is 5.94. The maximum Gasteiger partial charge on any atom is 0.360 e. The third-order valence-electron chi connectivity index (χ3n) is 3.17. The van der Waals surface area contributed by atoms with Gasteiger partial charge >= 0.3 is 5.97 Å². The quantitative estimate of drug-likeness (QED) is 0.744. The number of hydrogen-bond donors (Lipinski definition) is 2. The maximum atomic E-state index is 11.7. The summed E-state index contributed by atoms with van der Waals surface area (Å²) in [5.41, 5.74) is 6.02. The minimum absolute atomic E-state index is 0.00214.